The molecule has 31 heavy (non-hydrogen) atoms. The molecule has 0 saturated carbocycles. The van der Waals surface area contributed by atoms with Crippen molar-refractivity contribution in [3.8, 4) is 0 Å². The SMILES string of the molecule is CCC(C)(C)C(=O)O[C@@H]1C[C@H](C)C=C2C=C[C@@H](C)[C@@H](CC[C@@H]3C[C@H]([O-])CC(=O)O3)[C@@H]21.[NH4+]. The largest absolute Gasteiger partial charge is 0.851 e. The van der Waals surface area contributed by atoms with E-state index in [1.54, 1.807) is 0 Å². The van der Waals surface area contributed by atoms with E-state index >= 15 is 0 Å². The van der Waals surface area contributed by atoms with E-state index in [-0.39, 0.29) is 42.6 Å². The van der Waals surface area contributed by atoms with Crippen LogP contribution in [-0.4, -0.2) is 30.3 Å². The van der Waals surface area contributed by atoms with E-state index in [0.717, 1.165) is 19.3 Å². The third kappa shape index (κ3) is 5.98. The number of carbonyl (C=O) groups excluding carboxylic acids is 2. The summed E-state index contributed by atoms with van der Waals surface area (Å²) in [5.74, 6) is 0.645. The predicted molar refractivity (Wildman–Crippen MR) is 119 cm³/mol. The van der Waals surface area contributed by atoms with Gasteiger partial charge in [-0.15, -0.1) is 6.10 Å². The monoisotopic (exact) mass is 435 g/mol. The molecule has 1 fully saturated rings. The van der Waals surface area contributed by atoms with E-state index < -0.39 is 11.5 Å². The van der Waals surface area contributed by atoms with Gasteiger partial charge in [-0.2, -0.15) is 0 Å². The number of carbonyl (C=O) groups is 2. The Labute approximate surface area is 187 Å². The van der Waals surface area contributed by atoms with E-state index in [0.29, 0.717) is 30.6 Å². The summed E-state index contributed by atoms with van der Waals surface area (Å²) in [5.41, 5.74) is 0.765. The van der Waals surface area contributed by atoms with Gasteiger partial charge in [-0.05, 0) is 69.3 Å². The van der Waals surface area contributed by atoms with Gasteiger partial charge in [0, 0.05) is 12.3 Å². The molecule has 0 radical (unpaired) electrons. The summed E-state index contributed by atoms with van der Waals surface area (Å²) in [6.07, 6.45) is 8.95. The van der Waals surface area contributed by atoms with E-state index in [1.807, 2.05) is 20.8 Å². The number of rotatable bonds is 6. The van der Waals surface area contributed by atoms with Gasteiger partial charge < -0.3 is 20.7 Å². The minimum atomic E-state index is -0.851. The molecule has 4 N–H and O–H groups in total. The van der Waals surface area contributed by atoms with Crippen LogP contribution in [0.3, 0.4) is 0 Å². The van der Waals surface area contributed by atoms with Crippen LogP contribution < -0.4 is 11.3 Å². The van der Waals surface area contributed by atoms with Crippen LogP contribution in [0, 0.1) is 29.1 Å². The molecule has 3 aliphatic rings. The summed E-state index contributed by atoms with van der Waals surface area (Å²) in [7, 11) is 0. The van der Waals surface area contributed by atoms with Gasteiger partial charge in [0.1, 0.15) is 12.2 Å². The van der Waals surface area contributed by atoms with Crippen molar-refractivity contribution in [3.63, 3.8) is 0 Å². The number of quaternary nitrogens is 1. The molecule has 1 saturated heterocycles. The van der Waals surface area contributed by atoms with Crippen molar-refractivity contribution in [2.75, 3.05) is 0 Å². The van der Waals surface area contributed by atoms with Crippen LogP contribution in [0.4, 0.5) is 0 Å². The van der Waals surface area contributed by atoms with Gasteiger partial charge in [-0.3, -0.25) is 9.59 Å². The average Bonchev–Trinajstić information content (AvgIpc) is 2.66. The highest BCUT2D eigenvalue weighted by Crippen LogP contribution is 2.45. The van der Waals surface area contributed by atoms with Crippen molar-refractivity contribution in [2.45, 2.75) is 91.5 Å². The Morgan fingerprint density at radius 2 is 1.97 bits per heavy atom. The summed E-state index contributed by atoms with van der Waals surface area (Å²) in [4.78, 5) is 24.5. The van der Waals surface area contributed by atoms with Crippen molar-refractivity contribution >= 4 is 11.9 Å². The van der Waals surface area contributed by atoms with Gasteiger partial charge in [0.05, 0.1) is 5.41 Å². The Morgan fingerprint density at radius 3 is 2.61 bits per heavy atom. The number of fused-ring (bicyclic) bond motifs is 1. The third-order valence-corrected chi connectivity index (χ3v) is 7.33. The Morgan fingerprint density at radius 1 is 1.26 bits per heavy atom. The van der Waals surface area contributed by atoms with Gasteiger partial charge >= 0.3 is 11.9 Å². The van der Waals surface area contributed by atoms with Gasteiger partial charge in [0.25, 0.3) is 0 Å². The summed E-state index contributed by atoms with van der Waals surface area (Å²) in [6, 6.07) is 0. The lowest BCUT2D eigenvalue weighted by atomic mass is 9.65. The van der Waals surface area contributed by atoms with Gasteiger partial charge in [-0.25, -0.2) is 0 Å². The summed E-state index contributed by atoms with van der Waals surface area (Å²) in [5, 5.41) is 11.9. The number of esters is 2. The molecule has 0 unspecified atom stereocenters. The Hall–Kier alpha value is -1.66. The fourth-order valence-corrected chi connectivity index (χ4v) is 5.06. The van der Waals surface area contributed by atoms with Crippen LogP contribution in [0.15, 0.2) is 23.8 Å². The fraction of sp³-hybridized carbons (Fsp3) is 0.760. The first kappa shape index (κ1) is 25.6. The van der Waals surface area contributed by atoms with Crippen molar-refractivity contribution in [2.24, 2.45) is 29.1 Å². The number of cyclic esters (lactones) is 1. The second-order valence-corrected chi connectivity index (χ2v) is 10.2. The first-order valence-electron chi connectivity index (χ1n) is 11.6. The summed E-state index contributed by atoms with van der Waals surface area (Å²) < 4.78 is 11.6. The van der Waals surface area contributed by atoms with E-state index in [4.69, 9.17) is 9.47 Å². The molecule has 0 amide bonds. The fourth-order valence-electron chi connectivity index (χ4n) is 5.06. The lowest BCUT2D eigenvalue weighted by molar-refractivity contribution is -0.427. The molecule has 0 spiro atoms. The quantitative estimate of drug-likeness (QED) is 0.624. The molecule has 6 heteroatoms. The summed E-state index contributed by atoms with van der Waals surface area (Å²) in [6.45, 7) is 10.3. The van der Waals surface area contributed by atoms with Crippen LogP contribution in [0.25, 0.3) is 0 Å². The zero-order chi connectivity index (χ0) is 22.1. The first-order chi connectivity index (χ1) is 14.1. The van der Waals surface area contributed by atoms with E-state index in [2.05, 4.69) is 32.1 Å². The third-order valence-electron chi connectivity index (χ3n) is 7.33. The molecule has 2 aliphatic carbocycles. The van der Waals surface area contributed by atoms with E-state index in [1.165, 1.54) is 5.57 Å². The van der Waals surface area contributed by atoms with Crippen LogP contribution in [0.2, 0.25) is 0 Å². The van der Waals surface area contributed by atoms with Crippen molar-refractivity contribution in [1.82, 2.24) is 6.15 Å². The molecule has 1 heterocycles. The molecule has 0 bridgehead atoms. The standard InChI is InChI=1S/C25H37O5.H3N/c1-6-25(4,5)24(28)30-21-12-15(2)11-17-8-7-16(3)20(23(17)21)10-9-19-13-18(26)14-22(27)29-19;/h7-8,11,15-16,18-21,23H,6,9-10,12-14H2,1-5H3;1H3/q-1;/p+1/t15-,16-,18+,19-,20-,21-,23-;/m1./s1. The number of hydrogen-bond acceptors (Lipinski definition) is 5. The van der Waals surface area contributed by atoms with Crippen LogP contribution in [0.5, 0.6) is 0 Å². The molecule has 0 aromatic carbocycles. The van der Waals surface area contributed by atoms with Gasteiger partial charge in [0.2, 0.25) is 0 Å². The normalized spacial score (nSPS) is 35.4. The highest BCUT2D eigenvalue weighted by atomic mass is 16.6. The Balaban J connectivity index is 0.00000341. The number of hydrogen-bond donors (Lipinski definition) is 1. The minimum absolute atomic E-state index is 0. The highest BCUT2D eigenvalue weighted by molar-refractivity contribution is 5.76. The topological polar surface area (TPSA) is 112 Å². The van der Waals surface area contributed by atoms with Crippen molar-refractivity contribution in [3.05, 3.63) is 23.8 Å². The zero-order valence-corrected chi connectivity index (χ0v) is 20.1. The molecular weight excluding hydrogens is 394 g/mol. The molecular formula is C25H41NO5. The predicted octanol–water partition coefficient (Wildman–Crippen LogP) is 4.33. The molecule has 176 valence electrons. The molecule has 1 aliphatic heterocycles. The van der Waals surface area contributed by atoms with Crippen molar-refractivity contribution < 1.29 is 24.2 Å². The lowest BCUT2D eigenvalue weighted by Crippen LogP contribution is -2.43. The first-order valence-corrected chi connectivity index (χ1v) is 11.6. The van der Waals surface area contributed by atoms with Crippen LogP contribution in [0.1, 0.15) is 73.1 Å². The lowest BCUT2D eigenvalue weighted by Gasteiger charge is -2.44. The van der Waals surface area contributed by atoms with Gasteiger partial charge in [-0.1, -0.05) is 39.0 Å². The Bertz CT molecular complexity index is 713. The molecule has 3 rings (SSSR count). The molecule has 0 aromatic heterocycles. The van der Waals surface area contributed by atoms with Gasteiger partial charge in [0.15, 0.2) is 0 Å². The zero-order valence-electron chi connectivity index (χ0n) is 20.1. The van der Waals surface area contributed by atoms with E-state index in [9.17, 15) is 14.7 Å². The average molecular weight is 436 g/mol. The molecule has 0 aromatic rings. The van der Waals surface area contributed by atoms with Crippen LogP contribution in [-0.2, 0) is 19.1 Å². The minimum Gasteiger partial charge on any atom is -0.851 e. The number of ether oxygens (including phenoxy) is 2. The second-order valence-electron chi connectivity index (χ2n) is 10.2. The summed E-state index contributed by atoms with van der Waals surface area (Å²) >= 11 is 0. The maximum absolute atomic E-state index is 12.9. The molecule has 7 atom stereocenters. The smallest absolute Gasteiger partial charge is 0.311 e. The number of allylic oxidation sites excluding steroid dienone is 3. The van der Waals surface area contributed by atoms with Crippen molar-refractivity contribution in [1.29, 1.82) is 0 Å². The maximum Gasteiger partial charge on any atom is 0.311 e. The Kier molecular flexibility index (Phi) is 8.51. The van der Waals surface area contributed by atoms with Crippen LogP contribution >= 0.6 is 0 Å². The highest BCUT2D eigenvalue weighted by Gasteiger charge is 2.43. The second kappa shape index (κ2) is 10.3. The maximum atomic E-state index is 12.9. The molecule has 6 nitrogen and oxygen atoms in total.